The van der Waals surface area contributed by atoms with E-state index in [-0.39, 0.29) is 5.97 Å². The Morgan fingerprint density at radius 2 is 1.84 bits per heavy atom. The van der Waals surface area contributed by atoms with Crippen LogP contribution in [0.4, 0.5) is 0 Å². The van der Waals surface area contributed by atoms with Crippen LogP contribution in [0.2, 0.25) is 0 Å². The van der Waals surface area contributed by atoms with Crippen LogP contribution in [-0.4, -0.2) is 13.1 Å². The molecule has 2 aromatic rings. The molecule has 0 N–H and O–H groups in total. The van der Waals surface area contributed by atoms with Gasteiger partial charge in [0, 0.05) is 0 Å². The van der Waals surface area contributed by atoms with Gasteiger partial charge >= 0.3 is 5.97 Å². The van der Waals surface area contributed by atoms with Crippen LogP contribution in [-0.2, 0) is 4.74 Å². The molecule has 3 nitrogen and oxygen atoms in total. The molecule has 2 aromatic carbocycles. The van der Waals surface area contributed by atoms with E-state index in [2.05, 4.69) is 6.07 Å². The van der Waals surface area contributed by atoms with Gasteiger partial charge in [-0.05, 0) is 41.8 Å². The molecule has 2 rings (SSSR count). The number of esters is 1. The Kier molecular flexibility index (Phi) is 3.63. The highest BCUT2D eigenvalue weighted by Gasteiger charge is 2.12. The van der Waals surface area contributed by atoms with Crippen LogP contribution in [0.3, 0.4) is 0 Å². The number of rotatable bonds is 2. The summed E-state index contributed by atoms with van der Waals surface area (Å²) in [5.74, 6) is -0.340. The smallest absolute Gasteiger partial charge is 0.338 e. The van der Waals surface area contributed by atoms with Crippen molar-refractivity contribution in [2.45, 2.75) is 6.92 Å². The molecule has 0 saturated heterocycles. The van der Waals surface area contributed by atoms with E-state index in [4.69, 9.17) is 10.00 Å². The maximum Gasteiger partial charge on any atom is 0.338 e. The van der Waals surface area contributed by atoms with Gasteiger partial charge in [0.25, 0.3) is 0 Å². The van der Waals surface area contributed by atoms with Gasteiger partial charge in [0.1, 0.15) is 0 Å². The fourth-order valence-electron chi connectivity index (χ4n) is 2.00. The third-order valence-electron chi connectivity index (χ3n) is 3.06. The molecule has 94 valence electrons. The summed E-state index contributed by atoms with van der Waals surface area (Å²) in [6.07, 6.45) is 0. The first kappa shape index (κ1) is 12.8. The minimum Gasteiger partial charge on any atom is -0.465 e. The first-order chi connectivity index (χ1) is 9.17. The van der Waals surface area contributed by atoms with Gasteiger partial charge in [0.2, 0.25) is 0 Å². The molecule has 0 aromatic heterocycles. The second kappa shape index (κ2) is 5.36. The number of hydrogen-bond donors (Lipinski definition) is 0. The lowest BCUT2D eigenvalue weighted by molar-refractivity contribution is 0.0600. The molecule has 0 heterocycles. The number of benzene rings is 2. The molecule has 0 saturated carbocycles. The van der Waals surface area contributed by atoms with Crippen LogP contribution in [0.5, 0.6) is 0 Å². The van der Waals surface area contributed by atoms with E-state index in [9.17, 15) is 4.79 Å². The second-order valence-corrected chi connectivity index (χ2v) is 4.16. The van der Waals surface area contributed by atoms with Crippen molar-refractivity contribution in [1.29, 1.82) is 5.26 Å². The topological polar surface area (TPSA) is 50.1 Å². The average Bonchev–Trinajstić information content (AvgIpc) is 2.47. The largest absolute Gasteiger partial charge is 0.465 e. The normalized spacial score (nSPS) is 9.74. The lowest BCUT2D eigenvalue weighted by atomic mass is 9.96. The average molecular weight is 251 g/mol. The molecule has 0 radical (unpaired) electrons. The lowest BCUT2D eigenvalue weighted by Crippen LogP contribution is -2.04. The lowest BCUT2D eigenvalue weighted by Gasteiger charge is -2.10. The Balaban J connectivity index is 2.50. The highest BCUT2D eigenvalue weighted by molar-refractivity contribution is 5.93. The predicted octanol–water partition coefficient (Wildman–Crippen LogP) is 3.32. The van der Waals surface area contributed by atoms with Gasteiger partial charge in [0.15, 0.2) is 0 Å². The zero-order chi connectivity index (χ0) is 13.8. The van der Waals surface area contributed by atoms with Crippen molar-refractivity contribution in [3.63, 3.8) is 0 Å². The third-order valence-corrected chi connectivity index (χ3v) is 3.06. The van der Waals surface area contributed by atoms with E-state index < -0.39 is 0 Å². The fourth-order valence-corrected chi connectivity index (χ4v) is 2.00. The number of nitrogens with zero attached hydrogens (tertiary/aromatic N) is 1. The fraction of sp³-hybridized carbons (Fsp3) is 0.125. The summed E-state index contributed by atoms with van der Waals surface area (Å²) < 4.78 is 4.76. The Bertz CT molecular complexity index is 651. The van der Waals surface area contributed by atoms with Crippen LogP contribution >= 0.6 is 0 Å². The van der Waals surface area contributed by atoms with Gasteiger partial charge in [-0.3, -0.25) is 0 Å². The molecule has 0 aliphatic carbocycles. The molecule has 0 amide bonds. The molecule has 19 heavy (non-hydrogen) atoms. The molecule has 3 heteroatoms. The van der Waals surface area contributed by atoms with E-state index in [0.717, 1.165) is 16.7 Å². The maximum absolute atomic E-state index is 11.7. The van der Waals surface area contributed by atoms with Crippen molar-refractivity contribution in [1.82, 2.24) is 0 Å². The summed E-state index contributed by atoms with van der Waals surface area (Å²) >= 11 is 0. The summed E-state index contributed by atoms with van der Waals surface area (Å²) in [7, 11) is 1.37. The number of methoxy groups -OCH3 is 1. The summed E-state index contributed by atoms with van der Waals surface area (Å²) in [4.78, 5) is 11.7. The van der Waals surface area contributed by atoms with Gasteiger partial charge in [-0.2, -0.15) is 5.26 Å². The van der Waals surface area contributed by atoms with Gasteiger partial charge in [-0.25, -0.2) is 4.79 Å². The Hall–Kier alpha value is -2.60. The van der Waals surface area contributed by atoms with Crippen molar-refractivity contribution in [2.75, 3.05) is 7.11 Å². The standard InChI is InChI=1S/C16H13NO2/c1-11-14(4-3-5-15(11)16(18)19-2)13-8-6-12(10-17)7-9-13/h3-9H,1-2H3. The number of carbonyl (C=O) groups is 1. The summed E-state index contributed by atoms with van der Waals surface area (Å²) in [6.45, 7) is 1.89. The van der Waals surface area contributed by atoms with Crippen molar-refractivity contribution >= 4 is 5.97 Å². The van der Waals surface area contributed by atoms with Crippen LogP contribution in [0.15, 0.2) is 42.5 Å². The SMILES string of the molecule is COC(=O)c1cccc(-c2ccc(C#N)cc2)c1C. The first-order valence-corrected chi connectivity index (χ1v) is 5.86. The third kappa shape index (κ3) is 2.48. The minimum absolute atomic E-state index is 0.340. The van der Waals surface area contributed by atoms with Crippen LogP contribution < -0.4 is 0 Å². The zero-order valence-corrected chi connectivity index (χ0v) is 10.8. The van der Waals surface area contributed by atoms with E-state index in [0.29, 0.717) is 11.1 Å². The molecule has 0 unspecified atom stereocenters. The van der Waals surface area contributed by atoms with Crippen molar-refractivity contribution < 1.29 is 9.53 Å². The van der Waals surface area contributed by atoms with Crippen LogP contribution in [0.1, 0.15) is 21.5 Å². The van der Waals surface area contributed by atoms with Crippen LogP contribution in [0, 0.1) is 18.3 Å². The second-order valence-electron chi connectivity index (χ2n) is 4.16. The molecule has 0 aliphatic rings. The first-order valence-electron chi connectivity index (χ1n) is 5.86. The van der Waals surface area contributed by atoms with Gasteiger partial charge in [-0.15, -0.1) is 0 Å². The van der Waals surface area contributed by atoms with Crippen molar-refractivity contribution in [3.05, 3.63) is 59.2 Å². The predicted molar refractivity (Wildman–Crippen MR) is 72.7 cm³/mol. The Labute approximate surface area is 112 Å². The highest BCUT2D eigenvalue weighted by Crippen LogP contribution is 2.26. The van der Waals surface area contributed by atoms with Crippen molar-refractivity contribution in [3.8, 4) is 17.2 Å². The molecule has 0 aliphatic heterocycles. The van der Waals surface area contributed by atoms with Gasteiger partial charge in [-0.1, -0.05) is 24.3 Å². The summed E-state index contributed by atoms with van der Waals surface area (Å²) in [6, 6.07) is 14.9. The maximum atomic E-state index is 11.7. The molecule has 0 bridgehead atoms. The molecular weight excluding hydrogens is 238 g/mol. The highest BCUT2D eigenvalue weighted by atomic mass is 16.5. The van der Waals surface area contributed by atoms with Crippen molar-refractivity contribution in [2.24, 2.45) is 0 Å². The van der Waals surface area contributed by atoms with Crippen LogP contribution in [0.25, 0.3) is 11.1 Å². The molecular formula is C16H13NO2. The number of nitriles is 1. The van der Waals surface area contributed by atoms with E-state index in [1.165, 1.54) is 7.11 Å². The minimum atomic E-state index is -0.340. The number of ether oxygens (including phenoxy) is 1. The summed E-state index contributed by atoms with van der Waals surface area (Å²) in [5.41, 5.74) is 3.99. The zero-order valence-electron chi connectivity index (χ0n) is 10.8. The quantitative estimate of drug-likeness (QED) is 0.769. The van der Waals surface area contributed by atoms with Gasteiger partial charge in [0.05, 0.1) is 24.3 Å². The Morgan fingerprint density at radius 1 is 1.16 bits per heavy atom. The van der Waals surface area contributed by atoms with E-state index >= 15 is 0 Å². The summed E-state index contributed by atoms with van der Waals surface area (Å²) in [5, 5.41) is 8.79. The van der Waals surface area contributed by atoms with E-state index in [1.807, 2.05) is 31.2 Å². The molecule has 0 spiro atoms. The number of hydrogen-bond acceptors (Lipinski definition) is 3. The monoisotopic (exact) mass is 251 g/mol. The Morgan fingerprint density at radius 3 is 2.42 bits per heavy atom. The molecule has 0 atom stereocenters. The number of carbonyl (C=O) groups excluding carboxylic acids is 1. The molecule has 0 fully saturated rings. The van der Waals surface area contributed by atoms with E-state index in [1.54, 1.807) is 18.2 Å². The van der Waals surface area contributed by atoms with Gasteiger partial charge < -0.3 is 4.74 Å².